The number of nitrogens with two attached hydrogens (primary N) is 1. The number of nitrogens with zero attached hydrogens (tertiary/aromatic N) is 4. The van der Waals surface area contributed by atoms with E-state index >= 15 is 0 Å². The van der Waals surface area contributed by atoms with E-state index in [1.807, 2.05) is 10.7 Å². The Balaban J connectivity index is 1.84. The number of hydrogen-bond acceptors (Lipinski definition) is 4. The third-order valence-corrected chi connectivity index (χ3v) is 3.93. The van der Waals surface area contributed by atoms with Crippen LogP contribution >= 0.6 is 0 Å². The summed E-state index contributed by atoms with van der Waals surface area (Å²) in [4.78, 5) is 6.89. The highest BCUT2D eigenvalue weighted by molar-refractivity contribution is 5.39. The average molecular weight is 259 g/mol. The van der Waals surface area contributed by atoms with Gasteiger partial charge in [0.2, 0.25) is 0 Å². The SMILES string of the molecule is CN1CCC(c2ccc3nc(CCN)cn3n2)CC1. The first-order valence-electron chi connectivity index (χ1n) is 7.00. The monoisotopic (exact) mass is 259 g/mol. The average Bonchev–Trinajstić information content (AvgIpc) is 2.81. The van der Waals surface area contributed by atoms with Crippen molar-refractivity contribution in [2.45, 2.75) is 25.2 Å². The molecule has 2 aromatic heterocycles. The summed E-state index contributed by atoms with van der Waals surface area (Å²) in [5.74, 6) is 0.584. The molecule has 2 aromatic rings. The summed E-state index contributed by atoms with van der Waals surface area (Å²) in [6.45, 7) is 2.95. The summed E-state index contributed by atoms with van der Waals surface area (Å²) < 4.78 is 1.90. The Morgan fingerprint density at radius 2 is 2.11 bits per heavy atom. The Labute approximate surface area is 113 Å². The van der Waals surface area contributed by atoms with Gasteiger partial charge in [0, 0.05) is 12.3 Å². The van der Waals surface area contributed by atoms with E-state index in [2.05, 4.69) is 29.1 Å². The quantitative estimate of drug-likeness (QED) is 0.894. The number of aromatic nitrogens is 3. The molecule has 19 heavy (non-hydrogen) atoms. The summed E-state index contributed by atoms with van der Waals surface area (Å²) >= 11 is 0. The number of hydrogen-bond donors (Lipinski definition) is 1. The molecule has 0 aliphatic carbocycles. The van der Waals surface area contributed by atoms with Crippen molar-refractivity contribution in [3.63, 3.8) is 0 Å². The fraction of sp³-hybridized carbons (Fsp3) is 0.571. The summed E-state index contributed by atoms with van der Waals surface area (Å²) in [5.41, 5.74) is 8.70. The van der Waals surface area contributed by atoms with E-state index in [0.717, 1.165) is 30.9 Å². The molecule has 3 heterocycles. The van der Waals surface area contributed by atoms with Crippen LogP contribution in [0.2, 0.25) is 0 Å². The normalized spacial score (nSPS) is 18.2. The Morgan fingerprint density at radius 3 is 2.84 bits per heavy atom. The molecule has 2 N–H and O–H groups in total. The van der Waals surface area contributed by atoms with Crippen LogP contribution < -0.4 is 5.73 Å². The number of piperidine rings is 1. The first-order chi connectivity index (χ1) is 9.26. The van der Waals surface area contributed by atoms with Gasteiger partial charge in [-0.05, 0) is 51.7 Å². The van der Waals surface area contributed by atoms with Crippen LogP contribution in [0, 0.1) is 0 Å². The molecule has 0 unspecified atom stereocenters. The maximum atomic E-state index is 5.57. The topological polar surface area (TPSA) is 59.5 Å². The van der Waals surface area contributed by atoms with Crippen LogP contribution in [0.1, 0.15) is 30.1 Å². The standard InChI is InChI=1S/C14H21N5/c1-18-8-5-11(6-9-18)13-2-3-14-16-12(4-7-15)10-19(14)17-13/h2-3,10-11H,4-9,15H2,1H3. The van der Waals surface area contributed by atoms with E-state index in [1.165, 1.54) is 18.5 Å². The molecule has 5 nitrogen and oxygen atoms in total. The minimum absolute atomic E-state index is 0.584. The molecular formula is C14H21N5. The second-order valence-corrected chi connectivity index (χ2v) is 5.41. The fourth-order valence-corrected chi connectivity index (χ4v) is 2.74. The van der Waals surface area contributed by atoms with E-state index in [0.29, 0.717) is 12.5 Å². The number of imidazole rings is 1. The van der Waals surface area contributed by atoms with Crippen molar-refractivity contribution < 1.29 is 0 Å². The van der Waals surface area contributed by atoms with E-state index in [9.17, 15) is 0 Å². The molecule has 1 aliphatic heterocycles. The van der Waals surface area contributed by atoms with Crippen molar-refractivity contribution in [1.29, 1.82) is 0 Å². The van der Waals surface area contributed by atoms with Crippen LogP contribution in [0.4, 0.5) is 0 Å². The molecule has 0 bridgehead atoms. The zero-order chi connectivity index (χ0) is 13.2. The Bertz CT molecular complexity index is 554. The minimum Gasteiger partial charge on any atom is -0.330 e. The highest BCUT2D eigenvalue weighted by Gasteiger charge is 2.20. The van der Waals surface area contributed by atoms with Crippen LogP contribution in [-0.2, 0) is 6.42 Å². The molecule has 1 fully saturated rings. The molecule has 1 saturated heterocycles. The van der Waals surface area contributed by atoms with Crippen molar-refractivity contribution in [3.05, 3.63) is 29.7 Å². The predicted molar refractivity (Wildman–Crippen MR) is 75.2 cm³/mol. The van der Waals surface area contributed by atoms with Crippen molar-refractivity contribution >= 4 is 5.65 Å². The zero-order valence-corrected chi connectivity index (χ0v) is 11.4. The van der Waals surface area contributed by atoms with Crippen molar-refractivity contribution in [2.75, 3.05) is 26.7 Å². The van der Waals surface area contributed by atoms with E-state index in [4.69, 9.17) is 10.8 Å². The Morgan fingerprint density at radius 1 is 1.32 bits per heavy atom. The van der Waals surface area contributed by atoms with Gasteiger partial charge >= 0.3 is 0 Å². The van der Waals surface area contributed by atoms with Crippen LogP contribution in [0.5, 0.6) is 0 Å². The van der Waals surface area contributed by atoms with Gasteiger partial charge in [-0.3, -0.25) is 0 Å². The molecule has 102 valence electrons. The van der Waals surface area contributed by atoms with E-state index in [-0.39, 0.29) is 0 Å². The third kappa shape index (κ3) is 2.62. The summed E-state index contributed by atoms with van der Waals surface area (Å²) in [6, 6.07) is 4.20. The number of fused-ring (bicyclic) bond motifs is 1. The first kappa shape index (κ1) is 12.6. The Hall–Kier alpha value is -1.46. The third-order valence-electron chi connectivity index (χ3n) is 3.93. The van der Waals surface area contributed by atoms with Crippen LogP contribution in [0.3, 0.4) is 0 Å². The molecule has 3 rings (SSSR count). The highest BCUT2D eigenvalue weighted by Crippen LogP contribution is 2.25. The molecule has 0 saturated carbocycles. The lowest BCUT2D eigenvalue weighted by Gasteiger charge is -2.28. The first-order valence-corrected chi connectivity index (χ1v) is 7.00. The van der Waals surface area contributed by atoms with Gasteiger partial charge in [0.25, 0.3) is 0 Å². The van der Waals surface area contributed by atoms with Crippen molar-refractivity contribution in [1.82, 2.24) is 19.5 Å². The molecule has 0 spiro atoms. The Kier molecular flexibility index (Phi) is 3.48. The molecular weight excluding hydrogens is 238 g/mol. The van der Waals surface area contributed by atoms with Gasteiger partial charge in [-0.2, -0.15) is 5.10 Å². The fourth-order valence-electron chi connectivity index (χ4n) is 2.74. The van der Waals surface area contributed by atoms with Crippen LogP contribution in [0.15, 0.2) is 18.3 Å². The van der Waals surface area contributed by atoms with Crippen molar-refractivity contribution in [2.24, 2.45) is 5.73 Å². The smallest absolute Gasteiger partial charge is 0.153 e. The maximum absolute atomic E-state index is 5.57. The lowest BCUT2D eigenvalue weighted by Crippen LogP contribution is -2.29. The molecule has 5 heteroatoms. The van der Waals surface area contributed by atoms with Gasteiger partial charge in [-0.15, -0.1) is 0 Å². The van der Waals surface area contributed by atoms with E-state index < -0.39 is 0 Å². The lowest BCUT2D eigenvalue weighted by molar-refractivity contribution is 0.252. The van der Waals surface area contributed by atoms with Gasteiger partial charge in [-0.1, -0.05) is 0 Å². The van der Waals surface area contributed by atoms with Gasteiger partial charge in [0.1, 0.15) is 0 Å². The van der Waals surface area contributed by atoms with Gasteiger partial charge in [0.05, 0.1) is 17.6 Å². The predicted octanol–water partition coefficient (Wildman–Crippen LogP) is 1.04. The molecule has 0 amide bonds. The lowest BCUT2D eigenvalue weighted by atomic mass is 9.94. The van der Waals surface area contributed by atoms with Crippen LogP contribution in [-0.4, -0.2) is 46.2 Å². The number of rotatable bonds is 3. The maximum Gasteiger partial charge on any atom is 0.153 e. The number of likely N-dealkylation sites (tertiary alicyclic amines) is 1. The summed E-state index contributed by atoms with van der Waals surface area (Å²) in [5, 5.41) is 4.72. The molecule has 1 aliphatic rings. The largest absolute Gasteiger partial charge is 0.330 e. The molecule has 0 aromatic carbocycles. The van der Waals surface area contributed by atoms with E-state index in [1.54, 1.807) is 0 Å². The van der Waals surface area contributed by atoms with Gasteiger partial charge in [-0.25, -0.2) is 9.50 Å². The molecule has 0 atom stereocenters. The minimum atomic E-state index is 0.584. The zero-order valence-electron chi connectivity index (χ0n) is 11.4. The second kappa shape index (κ2) is 5.27. The van der Waals surface area contributed by atoms with Gasteiger partial charge < -0.3 is 10.6 Å². The van der Waals surface area contributed by atoms with Crippen LogP contribution in [0.25, 0.3) is 5.65 Å². The summed E-state index contributed by atoms with van der Waals surface area (Å²) in [7, 11) is 2.18. The summed E-state index contributed by atoms with van der Waals surface area (Å²) in [6.07, 6.45) is 5.20. The second-order valence-electron chi connectivity index (χ2n) is 5.41. The molecule has 0 radical (unpaired) electrons. The highest BCUT2D eigenvalue weighted by atomic mass is 15.3. The van der Waals surface area contributed by atoms with Gasteiger partial charge in [0.15, 0.2) is 5.65 Å². The van der Waals surface area contributed by atoms with Crippen molar-refractivity contribution in [3.8, 4) is 0 Å².